The number of carbonyl (C=O) groups excluding carboxylic acids is 2. The lowest BCUT2D eigenvalue weighted by molar-refractivity contribution is -0.133. The molecule has 4 rings (SSSR count). The smallest absolute Gasteiger partial charge is 0.322 e. The molecule has 34 heavy (non-hydrogen) atoms. The first-order valence-electron chi connectivity index (χ1n) is 11.3. The molecule has 0 unspecified atom stereocenters. The molecule has 0 saturated carbocycles. The fourth-order valence-electron chi connectivity index (χ4n) is 4.93. The van der Waals surface area contributed by atoms with Crippen molar-refractivity contribution in [2.45, 2.75) is 38.3 Å². The number of nitrogens with zero attached hydrogens (tertiary/aromatic N) is 2. The zero-order valence-electron chi connectivity index (χ0n) is 18.9. The Balaban J connectivity index is 1.54. The number of hydrogen-bond acceptors (Lipinski definition) is 3. The topological polar surface area (TPSA) is 52.7 Å². The van der Waals surface area contributed by atoms with Crippen molar-refractivity contribution in [3.8, 4) is 11.8 Å². The van der Waals surface area contributed by atoms with Gasteiger partial charge in [0.2, 0.25) is 0 Å². The lowest BCUT2D eigenvalue weighted by Crippen LogP contribution is -2.57. The van der Waals surface area contributed by atoms with Gasteiger partial charge in [-0.25, -0.2) is 18.0 Å². The lowest BCUT2D eigenvalue weighted by atomic mass is 9.74. The molecule has 1 N–H and O–H groups in total. The number of nitrogens with one attached hydrogen (secondary N) is 1. The second-order valence-electron chi connectivity index (χ2n) is 8.81. The lowest BCUT2D eigenvalue weighted by Gasteiger charge is -2.41. The normalized spacial score (nSPS) is 21.4. The molecule has 2 fully saturated rings. The van der Waals surface area contributed by atoms with E-state index in [0.717, 1.165) is 11.0 Å². The number of hydrogen-bond donors (Lipinski definition) is 1. The number of piperidine rings is 1. The third kappa shape index (κ3) is 4.80. The largest absolute Gasteiger partial charge is 0.325 e. The Morgan fingerprint density at radius 2 is 1.79 bits per heavy atom. The molecule has 3 amide bonds. The van der Waals surface area contributed by atoms with E-state index >= 15 is 0 Å². The van der Waals surface area contributed by atoms with Crippen molar-refractivity contribution in [2.75, 3.05) is 19.6 Å². The van der Waals surface area contributed by atoms with Gasteiger partial charge in [-0.1, -0.05) is 24.1 Å². The fraction of sp³-hybridized carbons (Fsp3) is 0.385. The molecule has 8 heteroatoms. The molecule has 2 aliphatic heterocycles. The Bertz CT molecular complexity index is 1150. The van der Waals surface area contributed by atoms with Crippen molar-refractivity contribution in [2.24, 2.45) is 5.92 Å². The van der Waals surface area contributed by atoms with Crippen LogP contribution in [0.5, 0.6) is 0 Å². The highest BCUT2D eigenvalue weighted by atomic mass is 19.1. The number of urea groups is 1. The molecular formula is C26H26F3N3O2. The van der Waals surface area contributed by atoms with E-state index in [1.54, 1.807) is 19.1 Å². The summed E-state index contributed by atoms with van der Waals surface area (Å²) in [6.45, 7) is 3.11. The second kappa shape index (κ2) is 9.90. The Morgan fingerprint density at radius 1 is 1.06 bits per heavy atom. The van der Waals surface area contributed by atoms with Gasteiger partial charge in [-0.2, -0.15) is 0 Å². The number of carbonyl (C=O) groups is 2. The Hall–Kier alpha value is -3.31. The molecule has 2 saturated heterocycles. The summed E-state index contributed by atoms with van der Waals surface area (Å²) in [4.78, 5) is 29.5. The van der Waals surface area contributed by atoms with Gasteiger partial charge in [0.25, 0.3) is 5.91 Å². The average molecular weight is 470 g/mol. The first kappa shape index (κ1) is 23.8. The number of halogens is 3. The minimum atomic E-state index is -1.20. The van der Waals surface area contributed by atoms with Gasteiger partial charge in [0, 0.05) is 24.6 Å². The molecule has 2 aliphatic rings. The summed E-state index contributed by atoms with van der Waals surface area (Å²) in [6, 6.07) is 9.08. The second-order valence-corrected chi connectivity index (χ2v) is 8.81. The molecule has 0 bridgehead atoms. The number of likely N-dealkylation sites (tertiary alicyclic amines) is 1. The van der Waals surface area contributed by atoms with Gasteiger partial charge >= 0.3 is 6.03 Å². The van der Waals surface area contributed by atoms with Gasteiger partial charge in [0.05, 0.1) is 6.54 Å². The van der Waals surface area contributed by atoms with Crippen molar-refractivity contribution in [3.05, 3.63) is 71.0 Å². The van der Waals surface area contributed by atoms with E-state index in [0.29, 0.717) is 43.6 Å². The van der Waals surface area contributed by atoms with Crippen LogP contribution in [0.4, 0.5) is 18.0 Å². The summed E-state index contributed by atoms with van der Waals surface area (Å²) in [6.07, 6.45) is 1.33. The van der Waals surface area contributed by atoms with Gasteiger partial charge in [-0.15, -0.1) is 5.92 Å². The maximum absolute atomic E-state index is 14.1. The van der Waals surface area contributed by atoms with Crippen LogP contribution >= 0.6 is 0 Å². The third-order valence-corrected chi connectivity index (χ3v) is 6.68. The number of rotatable bonds is 6. The maximum Gasteiger partial charge on any atom is 0.325 e. The maximum atomic E-state index is 14.1. The highest BCUT2D eigenvalue weighted by Gasteiger charge is 2.55. The van der Waals surface area contributed by atoms with Crippen molar-refractivity contribution >= 4 is 11.9 Å². The van der Waals surface area contributed by atoms with Crippen LogP contribution in [0.3, 0.4) is 0 Å². The number of benzene rings is 2. The Labute approximate surface area is 196 Å². The van der Waals surface area contributed by atoms with Crippen LogP contribution in [0.2, 0.25) is 0 Å². The molecule has 0 aliphatic carbocycles. The van der Waals surface area contributed by atoms with E-state index < -0.39 is 29.0 Å². The highest BCUT2D eigenvalue weighted by molar-refractivity contribution is 6.07. The molecule has 178 valence electrons. The average Bonchev–Trinajstić information content (AvgIpc) is 3.04. The highest BCUT2D eigenvalue weighted by Crippen LogP contribution is 2.37. The van der Waals surface area contributed by atoms with Crippen LogP contribution in [0.25, 0.3) is 0 Å². The fourth-order valence-corrected chi connectivity index (χ4v) is 4.93. The van der Waals surface area contributed by atoms with E-state index in [-0.39, 0.29) is 24.8 Å². The molecule has 2 heterocycles. The van der Waals surface area contributed by atoms with Gasteiger partial charge in [-0.05, 0) is 62.5 Å². The molecule has 5 nitrogen and oxygen atoms in total. The predicted octanol–water partition coefficient (Wildman–Crippen LogP) is 3.87. The Morgan fingerprint density at radius 3 is 2.47 bits per heavy atom. The van der Waals surface area contributed by atoms with Gasteiger partial charge in [0.15, 0.2) is 0 Å². The molecular weight excluding hydrogens is 443 g/mol. The van der Waals surface area contributed by atoms with E-state index in [9.17, 15) is 22.8 Å². The summed E-state index contributed by atoms with van der Waals surface area (Å²) in [5.74, 6) is 3.31. The minimum Gasteiger partial charge on any atom is -0.322 e. The first-order valence-corrected chi connectivity index (χ1v) is 11.3. The van der Waals surface area contributed by atoms with Crippen molar-refractivity contribution in [1.82, 2.24) is 15.1 Å². The molecule has 0 radical (unpaired) electrons. The van der Waals surface area contributed by atoms with Crippen LogP contribution in [-0.4, -0.2) is 46.9 Å². The predicted molar refractivity (Wildman–Crippen MR) is 121 cm³/mol. The van der Waals surface area contributed by atoms with Gasteiger partial charge in [0.1, 0.15) is 23.0 Å². The monoisotopic (exact) mass is 469 g/mol. The van der Waals surface area contributed by atoms with Gasteiger partial charge < -0.3 is 5.32 Å². The summed E-state index contributed by atoms with van der Waals surface area (Å²) in [5, 5.41) is 2.92. The minimum absolute atomic E-state index is 0.00520. The quantitative estimate of drug-likeness (QED) is 0.516. The third-order valence-electron chi connectivity index (χ3n) is 6.68. The summed E-state index contributed by atoms with van der Waals surface area (Å²) in [7, 11) is 0. The molecule has 1 atom stereocenters. The molecule has 2 aromatic rings. The van der Waals surface area contributed by atoms with Crippen molar-refractivity contribution in [3.63, 3.8) is 0 Å². The standard InChI is InChI=1S/C26H26F3N3O2/c1-2-3-11-32-24(33)26(30-25(32)34,16-18-5-4-6-21(27)14-18)20-9-12-31(13-10-20)17-19-7-8-22(28)15-23(19)29/h4-8,14-15,20H,9-13,16-17H2,1H3,(H,30,34)/t26-/m0/s1. The SMILES string of the molecule is CC#CCN1C(=O)N[C@@](Cc2cccc(F)c2)(C2CCN(Cc3ccc(F)cc3F)CC2)C1=O. The molecule has 0 spiro atoms. The van der Waals surface area contributed by atoms with Crippen LogP contribution in [0, 0.1) is 35.2 Å². The van der Waals surface area contributed by atoms with E-state index in [1.807, 2.05) is 4.90 Å². The zero-order chi connectivity index (χ0) is 24.3. The zero-order valence-corrected chi connectivity index (χ0v) is 18.9. The van der Waals surface area contributed by atoms with Crippen LogP contribution < -0.4 is 5.32 Å². The van der Waals surface area contributed by atoms with E-state index in [1.165, 1.54) is 24.3 Å². The number of amides is 3. The number of imide groups is 1. The van der Waals surface area contributed by atoms with Gasteiger partial charge in [-0.3, -0.25) is 14.6 Å². The van der Waals surface area contributed by atoms with Crippen LogP contribution in [0.15, 0.2) is 42.5 Å². The summed E-state index contributed by atoms with van der Waals surface area (Å²) < 4.78 is 41.2. The first-order chi connectivity index (χ1) is 16.3. The van der Waals surface area contributed by atoms with Crippen LogP contribution in [-0.2, 0) is 17.8 Å². The molecule has 2 aromatic carbocycles. The van der Waals surface area contributed by atoms with E-state index in [4.69, 9.17) is 0 Å². The van der Waals surface area contributed by atoms with Crippen LogP contribution in [0.1, 0.15) is 30.9 Å². The van der Waals surface area contributed by atoms with Crippen molar-refractivity contribution < 1.29 is 22.8 Å². The summed E-state index contributed by atoms with van der Waals surface area (Å²) in [5.41, 5.74) is -0.176. The molecule has 0 aromatic heterocycles. The Kier molecular flexibility index (Phi) is 6.94. The van der Waals surface area contributed by atoms with Crippen molar-refractivity contribution in [1.29, 1.82) is 0 Å². The summed E-state index contributed by atoms with van der Waals surface area (Å²) >= 11 is 0. The van der Waals surface area contributed by atoms with E-state index in [2.05, 4.69) is 17.2 Å².